The molecule has 1 heterocycles. The van der Waals surface area contributed by atoms with Crippen molar-refractivity contribution in [2.24, 2.45) is 29.6 Å². The van der Waals surface area contributed by atoms with Crippen LogP contribution in [0.15, 0.2) is 0 Å². The van der Waals surface area contributed by atoms with Gasteiger partial charge in [-0.15, -0.1) is 0 Å². The van der Waals surface area contributed by atoms with Crippen LogP contribution in [-0.4, -0.2) is 83.6 Å². The minimum absolute atomic E-state index is 0.0839. The highest BCUT2D eigenvalue weighted by atomic mass is 16.2. The quantitative estimate of drug-likeness (QED) is 0.358. The number of hydrogen-bond donors (Lipinski definition) is 3. The Kier molecular flexibility index (Phi) is 15.0. The molecule has 242 valence electrons. The molecule has 0 aromatic carbocycles. The van der Waals surface area contributed by atoms with Crippen LogP contribution in [0.25, 0.3) is 0 Å². The molecule has 1 aliphatic rings. The molecular weight excluding hydrogens is 534 g/mol. The number of rotatable bonds is 10. The smallest absolute Gasteiger partial charge is 0.245 e. The lowest BCUT2D eigenvalue weighted by atomic mass is 9.96. The topological polar surface area (TPSA) is 128 Å². The summed E-state index contributed by atoms with van der Waals surface area (Å²) in [6, 6.07) is -4.29. The maximum absolute atomic E-state index is 13.9. The van der Waals surface area contributed by atoms with Crippen LogP contribution in [0.1, 0.15) is 101 Å². The molecule has 0 saturated carbocycles. The Hall–Kier alpha value is -2.65. The molecule has 1 saturated heterocycles. The van der Waals surface area contributed by atoms with Crippen LogP contribution in [0.4, 0.5) is 0 Å². The molecule has 42 heavy (non-hydrogen) atoms. The fourth-order valence-electron chi connectivity index (χ4n) is 5.47. The summed E-state index contributed by atoms with van der Waals surface area (Å²) < 4.78 is 0. The molecule has 0 aliphatic carbocycles. The molecule has 1 fully saturated rings. The summed E-state index contributed by atoms with van der Waals surface area (Å²) in [6.45, 7) is 19.7. The van der Waals surface area contributed by atoms with Crippen molar-refractivity contribution >= 4 is 29.5 Å². The van der Waals surface area contributed by atoms with E-state index in [2.05, 4.69) is 16.0 Å². The first-order valence-corrected chi connectivity index (χ1v) is 15.8. The Morgan fingerprint density at radius 2 is 0.714 bits per heavy atom. The molecule has 1 rings (SSSR count). The number of nitrogens with zero attached hydrogens (tertiary/aromatic N) is 2. The van der Waals surface area contributed by atoms with Gasteiger partial charge in [0.1, 0.15) is 30.2 Å². The van der Waals surface area contributed by atoms with Gasteiger partial charge in [0.05, 0.1) is 0 Å². The van der Waals surface area contributed by atoms with Crippen LogP contribution in [0, 0.1) is 29.6 Å². The van der Waals surface area contributed by atoms with Gasteiger partial charge in [-0.1, -0.05) is 69.2 Å². The van der Waals surface area contributed by atoms with Gasteiger partial charge in [-0.25, -0.2) is 0 Å². The zero-order chi connectivity index (χ0) is 32.5. The van der Waals surface area contributed by atoms with Crippen molar-refractivity contribution in [3.63, 3.8) is 0 Å². The highest BCUT2D eigenvalue weighted by Crippen LogP contribution is 2.20. The number of carbonyl (C=O) groups excluding carboxylic acids is 5. The number of hydrogen-bond acceptors (Lipinski definition) is 5. The van der Waals surface area contributed by atoms with Gasteiger partial charge in [0, 0.05) is 14.1 Å². The number of nitrogens with one attached hydrogen (secondary N) is 3. The average Bonchev–Trinajstić information content (AvgIpc) is 2.85. The van der Waals surface area contributed by atoms with E-state index in [-0.39, 0.29) is 41.4 Å². The SMILES string of the molecule is CC(C)C[C@@H]1C(=O)N[C@H](CC(C)C)C(=O)N[C@H](CC(C)C)C(=O)N(C)[C@H](CC(C)C)C(=O)N[C@H](CC(C)C)C(=O)N1C. The lowest BCUT2D eigenvalue weighted by Crippen LogP contribution is -2.58. The third kappa shape index (κ3) is 11.6. The third-order valence-electron chi connectivity index (χ3n) is 7.61. The summed E-state index contributed by atoms with van der Waals surface area (Å²) in [5, 5.41) is 8.78. The van der Waals surface area contributed by atoms with Gasteiger partial charge in [-0.2, -0.15) is 0 Å². The summed E-state index contributed by atoms with van der Waals surface area (Å²) in [5.41, 5.74) is 0. The molecule has 0 aromatic heterocycles. The minimum atomic E-state index is -0.883. The summed E-state index contributed by atoms with van der Waals surface area (Å²) in [7, 11) is 3.17. The zero-order valence-electron chi connectivity index (χ0n) is 28.2. The first-order chi connectivity index (χ1) is 19.3. The molecular formula is C32H59N5O5. The standard InChI is InChI=1S/C32H59N5O5/c1-18(2)13-23-28(38)34-24(14-19(3)4)31(41)37(12)27(17-22(9)10)30(40)35-25(15-20(5)6)32(42)36(11)26(16-21(7)8)29(39)33-23/h18-27H,13-17H2,1-12H3,(H,33,39)(H,34,38)(H,35,40)/t23-,24-,25-,26-,27-/m1/s1. The van der Waals surface area contributed by atoms with E-state index < -0.39 is 47.9 Å². The van der Waals surface area contributed by atoms with Gasteiger partial charge in [-0.05, 0) is 61.7 Å². The maximum atomic E-state index is 13.9. The van der Waals surface area contributed by atoms with Crippen LogP contribution in [0.3, 0.4) is 0 Å². The van der Waals surface area contributed by atoms with Crippen LogP contribution in [0.2, 0.25) is 0 Å². The van der Waals surface area contributed by atoms with Gasteiger partial charge < -0.3 is 25.8 Å². The second-order valence-corrected chi connectivity index (χ2v) is 14.3. The van der Waals surface area contributed by atoms with E-state index in [0.717, 1.165) is 0 Å². The fraction of sp³-hybridized carbons (Fsp3) is 0.844. The number of amides is 5. The van der Waals surface area contributed by atoms with E-state index in [1.807, 2.05) is 69.2 Å². The summed E-state index contributed by atoms with van der Waals surface area (Å²) in [5.74, 6) is -1.59. The highest BCUT2D eigenvalue weighted by Gasteiger charge is 2.39. The van der Waals surface area contributed by atoms with Gasteiger partial charge in [0.25, 0.3) is 0 Å². The molecule has 5 atom stereocenters. The van der Waals surface area contributed by atoms with Crippen LogP contribution >= 0.6 is 0 Å². The van der Waals surface area contributed by atoms with Gasteiger partial charge in [-0.3, -0.25) is 24.0 Å². The second kappa shape index (κ2) is 16.8. The molecule has 5 amide bonds. The predicted molar refractivity (Wildman–Crippen MR) is 166 cm³/mol. The van der Waals surface area contributed by atoms with E-state index in [4.69, 9.17) is 0 Å². The predicted octanol–water partition coefficient (Wildman–Crippen LogP) is 3.34. The van der Waals surface area contributed by atoms with E-state index in [1.54, 1.807) is 14.1 Å². The van der Waals surface area contributed by atoms with Gasteiger partial charge in [0.15, 0.2) is 0 Å². The normalized spacial score (nSPS) is 25.7. The third-order valence-corrected chi connectivity index (χ3v) is 7.61. The van der Waals surface area contributed by atoms with Crippen molar-refractivity contribution in [2.45, 2.75) is 132 Å². The Bertz CT molecular complexity index is 932. The zero-order valence-corrected chi connectivity index (χ0v) is 28.2. The molecule has 1 aliphatic heterocycles. The number of carbonyl (C=O) groups is 5. The summed E-state index contributed by atoms with van der Waals surface area (Å²) >= 11 is 0. The molecule has 3 N–H and O–H groups in total. The molecule has 0 bridgehead atoms. The van der Waals surface area contributed by atoms with E-state index >= 15 is 0 Å². The van der Waals surface area contributed by atoms with Crippen molar-refractivity contribution < 1.29 is 24.0 Å². The van der Waals surface area contributed by atoms with Gasteiger partial charge >= 0.3 is 0 Å². The lowest BCUT2D eigenvalue weighted by Gasteiger charge is -2.35. The van der Waals surface area contributed by atoms with Gasteiger partial charge in [0.2, 0.25) is 29.5 Å². The van der Waals surface area contributed by atoms with Crippen molar-refractivity contribution in [1.82, 2.24) is 25.8 Å². The van der Waals surface area contributed by atoms with Crippen molar-refractivity contribution in [3.8, 4) is 0 Å². The molecule has 10 nitrogen and oxygen atoms in total. The molecule has 0 aromatic rings. The highest BCUT2D eigenvalue weighted by molar-refractivity contribution is 5.97. The van der Waals surface area contributed by atoms with Crippen molar-refractivity contribution in [1.29, 1.82) is 0 Å². The molecule has 10 heteroatoms. The summed E-state index contributed by atoms with van der Waals surface area (Å²) in [4.78, 5) is 72.0. The Balaban J connectivity index is 3.80. The molecule has 0 radical (unpaired) electrons. The first-order valence-electron chi connectivity index (χ1n) is 15.8. The Morgan fingerprint density at radius 1 is 0.452 bits per heavy atom. The Morgan fingerprint density at radius 3 is 1.02 bits per heavy atom. The number of likely N-dealkylation sites (N-methyl/N-ethyl adjacent to an activating group) is 2. The maximum Gasteiger partial charge on any atom is 0.245 e. The Labute approximate surface area is 254 Å². The largest absolute Gasteiger partial charge is 0.343 e. The van der Waals surface area contributed by atoms with E-state index in [0.29, 0.717) is 32.1 Å². The molecule has 0 spiro atoms. The first kappa shape index (κ1) is 37.4. The average molecular weight is 594 g/mol. The molecule has 0 unspecified atom stereocenters. The van der Waals surface area contributed by atoms with Crippen LogP contribution in [-0.2, 0) is 24.0 Å². The second-order valence-electron chi connectivity index (χ2n) is 14.3. The van der Waals surface area contributed by atoms with Crippen LogP contribution < -0.4 is 16.0 Å². The van der Waals surface area contributed by atoms with Crippen molar-refractivity contribution in [2.75, 3.05) is 14.1 Å². The van der Waals surface area contributed by atoms with Crippen molar-refractivity contribution in [3.05, 3.63) is 0 Å². The minimum Gasteiger partial charge on any atom is -0.343 e. The van der Waals surface area contributed by atoms with E-state index in [9.17, 15) is 24.0 Å². The van der Waals surface area contributed by atoms with E-state index in [1.165, 1.54) is 9.80 Å². The summed E-state index contributed by atoms with van der Waals surface area (Å²) in [6.07, 6.45) is 1.90. The monoisotopic (exact) mass is 593 g/mol. The fourth-order valence-corrected chi connectivity index (χ4v) is 5.47. The van der Waals surface area contributed by atoms with Crippen LogP contribution in [0.5, 0.6) is 0 Å². The lowest BCUT2D eigenvalue weighted by molar-refractivity contribution is -0.145.